The molecular formula is C15H22N4O. The molecule has 2 aromatic rings. The van der Waals surface area contributed by atoms with E-state index in [1.807, 2.05) is 33.0 Å². The highest BCUT2D eigenvalue weighted by Crippen LogP contribution is 2.18. The lowest BCUT2D eigenvalue weighted by Gasteiger charge is -2.19. The molecular weight excluding hydrogens is 252 g/mol. The van der Waals surface area contributed by atoms with Gasteiger partial charge in [-0.2, -0.15) is 4.98 Å². The van der Waals surface area contributed by atoms with Gasteiger partial charge in [0.1, 0.15) is 11.6 Å². The Morgan fingerprint density at radius 3 is 2.75 bits per heavy atom. The van der Waals surface area contributed by atoms with Crippen molar-refractivity contribution < 1.29 is 4.42 Å². The first-order valence-electron chi connectivity index (χ1n) is 6.93. The van der Waals surface area contributed by atoms with Gasteiger partial charge in [-0.3, -0.25) is 0 Å². The number of hydrogen-bond donors (Lipinski definition) is 1. The summed E-state index contributed by atoms with van der Waals surface area (Å²) < 4.78 is 5.33. The summed E-state index contributed by atoms with van der Waals surface area (Å²) in [5.41, 5.74) is 2.14. The van der Waals surface area contributed by atoms with Crippen molar-refractivity contribution in [2.75, 3.05) is 23.8 Å². The molecule has 0 fully saturated rings. The van der Waals surface area contributed by atoms with Gasteiger partial charge in [-0.1, -0.05) is 6.92 Å². The molecule has 108 valence electrons. The minimum Gasteiger partial charge on any atom is -0.469 e. The Kier molecular flexibility index (Phi) is 4.61. The Labute approximate surface area is 120 Å². The molecule has 0 saturated carbocycles. The van der Waals surface area contributed by atoms with Crippen LogP contribution in [0.3, 0.4) is 0 Å². The molecule has 0 atom stereocenters. The van der Waals surface area contributed by atoms with Gasteiger partial charge in [0.25, 0.3) is 0 Å². The number of nitrogens with one attached hydrogen (secondary N) is 1. The highest BCUT2D eigenvalue weighted by Gasteiger charge is 2.09. The van der Waals surface area contributed by atoms with Crippen LogP contribution in [0, 0.1) is 13.8 Å². The monoisotopic (exact) mass is 274 g/mol. The van der Waals surface area contributed by atoms with Crippen LogP contribution in [0.1, 0.15) is 30.4 Å². The van der Waals surface area contributed by atoms with Crippen molar-refractivity contribution in [3.63, 3.8) is 0 Å². The summed E-state index contributed by atoms with van der Waals surface area (Å²) in [5, 5.41) is 3.23. The standard InChI is InChI=1S/C15H22N4O/c1-5-7-16-15-17-11(2)9-14(18-15)19(4)10-13-6-8-20-12(13)3/h6,8-9H,5,7,10H2,1-4H3,(H,16,17,18). The van der Waals surface area contributed by atoms with Crippen molar-refractivity contribution in [1.29, 1.82) is 0 Å². The Morgan fingerprint density at radius 1 is 1.30 bits per heavy atom. The molecule has 0 bridgehead atoms. The minimum absolute atomic E-state index is 0.692. The normalized spacial score (nSPS) is 10.6. The van der Waals surface area contributed by atoms with Gasteiger partial charge in [-0.05, 0) is 26.3 Å². The van der Waals surface area contributed by atoms with E-state index in [0.29, 0.717) is 5.95 Å². The zero-order valence-electron chi connectivity index (χ0n) is 12.6. The molecule has 0 unspecified atom stereocenters. The van der Waals surface area contributed by atoms with E-state index in [-0.39, 0.29) is 0 Å². The predicted octanol–water partition coefficient (Wildman–Crippen LogP) is 3.14. The van der Waals surface area contributed by atoms with Gasteiger partial charge in [0, 0.05) is 37.5 Å². The zero-order chi connectivity index (χ0) is 14.5. The van der Waals surface area contributed by atoms with Crippen LogP contribution in [0.4, 0.5) is 11.8 Å². The number of nitrogens with zero attached hydrogens (tertiary/aromatic N) is 3. The molecule has 0 spiro atoms. The summed E-state index contributed by atoms with van der Waals surface area (Å²) >= 11 is 0. The number of aromatic nitrogens is 2. The second kappa shape index (κ2) is 6.41. The second-order valence-corrected chi connectivity index (χ2v) is 4.98. The smallest absolute Gasteiger partial charge is 0.224 e. The predicted molar refractivity (Wildman–Crippen MR) is 81.1 cm³/mol. The van der Waals surface area contributed by atoms with Crippen molar-refractivity contribution >= 4 is 11.8 Å². The maximum absolute atomic E-state index is 5.33. The summed E-state index contributed by atoms with van der Waals surface area (Å²) in [4.78, 5) is 11.1. The van der Waals surface area contributed by atoms with Crippen molar-refractivity contribution in [2.45, 2.75) is 33.7 Å². The van der Waals surface area contributed by atoms with Crippen LogP contribution in [-0.4, -0.2) is 23.6 Å². The van der Waals surface area contributed by atoms with Gasteiger partial charge in [-0.25, -0.2) is 4.98 Å². The van der Waals surface area contributed by atoms with Crippen LogP contribution in [-0.2, 0) is 6.54 Å². The van der Waals surface area contributed by atoms with E-state index in [1.54, 1.807) is 6.26 Å². The molecule has 2 heterocycles. The maximum Gasteiger partial charge on any atom is 0.224 e. The SMILES string of the molecule is CCCNc1nc(C)cc(N(C)Cc2ccoc2C)n1. The molecule has 5 heteroatoms. The van der Waals surface area contributed by atoms with E-state index in [1.165, 1.54) is 5.56 Å². The Bertz CT molecular complexity index is 565. The molecule has 0 amide bonds. The second-order valence-electron chi connectivity index (χ2n) is 4.98. The fraction of sp³-hybridized carbons (Fsp3) is 0.467. The number of anilines is 2. The fourth-order valence-corrected chi connectivity index (χ4v) is 1.98. The Hall–Kier alpha value is -2.04. The molecule has 0 aromatic carbocycles. The molecule has 2 aromatic heterocycles. The van der Waals surface area contributed by atoms with Crippen LogP contribution < -0.4 is 10.2 Å². The van der Waals surface area contributed by atoms with Crippen LogP contribution in [0.5, 0.6) is 0 Å². The first-order chi connectivity index (χ1) is 9.60. The zero-order valence-corrected chi connectivity index (χ0v) is 12.6. The van der Waals surface area contributed by atoms with E-state index in [2.05, 4.69) is 27.1 Å². The highest BCUT2D eigenvalue weighted by atomic mass is 16.3. The van der Waals surface area contributed by atoms with Crippen LogP contribution in [0.15, 0.2) is 22.8 Å². The number of hydrogen-bond acceptors (Lipinski definition) is 5. The molecule has 2 rings (SSSR count). The largest absolute Gasteiger partial charge is 0.469 e. The van der Waals surface area contributed by atoms with Gasteiger partial charge < -0.3 is 14.6 Å². The van der Waals surface area contributed by atoms with Gasteiger partial charge in [0.05, 0.1) is 6.26 Å². The molecule has 0 saturated heterocycles. The first-order valence-corrected chi connectivity index (χ1v) is 6.93. The average molecular weight is 274 g/mol. The lowest BCUT2D eigenvalue weighted by molar-refractivity contribution is 0.529. The molecule has 0 aliphatic carbocycles. The van der Waals surface area contributed by atoms with Crippen LogP contribution >= 0.6 is 0 Å². The third kappa shape index (κ3) is 3.50. The molecule has 1 N–H and O–H groups in total. The molecule has 20 heavy (non-hydrogen) atoms. The summed E-state index contributed by atoms with van der Waals surface area (Å²) in [5.74, 6) is 2.56. The fourth-order valence-electron chi connectivity index (χ4n) is 1.98. The van der Waals surface area contributed by atoms with E-state index in [4.69, 9.17) is 4.42 Å². The molecule has 0 aliphatic rings. The van der Waals surface area contributed by atoms with Crippen molar-refractivity contribution in [3.8, 4) is 0 Å². The highest BCUT2D eigenvalue weighted by molar-refractivity contribution is 5.44. The summed E-state index contributed by atoms with van der Waals surface area (Å²) in [6.45, 7) is 7.73. The van der Waals surface area contributed by atoms with Gasteiger partial charge in [0.15, 0.2) is 0 Å². The van der Waals surface area contributed by atoms with Crippen molar-refractivity contribution in [2.24, 2.45) is 0 Å². The number of aryl methyl sites for hydroxylation is 2. The third-order valence-electron chi connectivity index (χ3n) is 3.14. The summed E-state index contributed by atoms with van der Waals surface area (Å²) in [6, 6.07) is 3.99. The molecule has 0 aliphatic heterocycles. The maximum atomic E-state index is 5.33. The van der Waals surface area contributed by atoms with E-state index in [0.717, 1.165) is 36.8 Å². The number of rotatable bonds is 6. The van der Waals surface area contributed by atoms with Gasteiger partial charge in [0.2, 0.25) is 5.95 Å². The van der Waals surface area contributed by atoms with Crippen molar-refractivity contribution in [3.05, 3.63) is 35.4 Å². The van der Waals surface area contributed by atoms with E-state index in [9.17, 15) is 0 Å². The summed E-state index contributed by atoms with van der Waals surface area (Å²) in [6.07, 6.45) is 2.77. The van der Waals surface area contributed by atoms with E-state index < -0.39 is 0 Å². The van der Waals surface area contributed by atoms with Crippen LogP contribution in [0.2, 0.25) is 0 Å². The number of furan rings is 1. The van der Waals surface area contributed by atoms with Crippen molar-refractivity contribution in [1.82, 2.24) is 9.97 Å². The minimum atomic E-state index is 0.692. The van der Waals surface area contributed by atoms with Gasteiger partial charge >= 0.3 is 0 Å². The average Bonchev–Trinajstić information content (AvgIpc) is 2.81. The topological polar surface area (TPSA) is 54.2 Å². The molecule has 0 radical (unpaired) electrons. The lowest BCUT2D eigenvalue weighted by Crippen LogP contribution is -2.19. The van der Waals surface area contributed by atoms with E-state index >= 15 is 0 Å². The first kappa shape index (κ1) is 14.4. The third-order valence-corrected chi connectivity index (χ3v) is 3.14. The Morgan fingerprint density at radius 2 is 2.10 bits per heavy atom. The summed E-state index contributed by atoms with van der Waals surface area (Å²) in [7, 11) is 2.03. The molecule has 5 nitrogen and oxygen atoms in total. The lowest BCUT2D eigenvalue weighted by atomic mass is 10.2. The van der Waals surface area contributed by atoms with Gasteiger partial charge in [-0.15, -0.1) is 0 Å². The Balaban J connectivity index is 2.14. The quantitative estimate of drug-likeness (QED) is 0.877. The van der Waals surface area contributed by atoms with Crippen LogP contribution in [0.25, 0.3) is 0 Å².